The predicted molar refractivity (Wildman–Crippen MR) is 106 cm³/mol. The van der Waals surface area contributed by atoms with Gasteiger partial charge in [-0.2, -0.15) is 5.10 Å². The Bertz CT molecular complexity index is 875. The predicted octanol–water partition coefficient (Wildman–Crippen LogP) is 4.64. The number of carbonyl (C=O) groups excluding carboxylic acids is 1. The van der Waals surface area contributed by atoms with Crippen molar-refractivity contribution in [2.75, 3.05) is 7.05 Å². The third kappa shape index (κ3) is 4.90. The Morgan fingerprint density at radius 3 is 2.42 bits per heavy atom. The molecule has 3 aromatic rings. The van der Waals surface area contributed by atoms with E-state index in [1.165, 1.54) is 10.5 Å². The lowest BCUT2D eigenvalue weighted by Crippen LogP contribution is -2.26. The molecule has 0 aliphatic rings. The molecule has 0 bridgehead atoms. The fourth-order valence-electron chi connectivity index (χ4n) is 2.56. The molecule has 0 atom stereocenters. The van der Waals surface area contributed by atoms with E-state index < -0.39 is 0 Å². The van der Waals surface area contributed by atoms with Crippen molar-refractivity contribution in [3.05, 3.63) is 82.6 Å². The second-order valence-corrected chi connectivity index (χ2v) is 7.61. The number of benzene rings is 2. The molecular weight excluding hydrogens is 366 g/mol. The quantitative estimate of drug-likeness (QED) is 0.580. The number of rotatable bonds is 6. The molecule has 0 N–H and O–H groups in total. The van der Waals surface area contributed by atoms with Gasteiger partial charge in [-0.3, -0.25) is 9.48 Å². The van der Waals surface area contributed by atoms with E-state index in [9.17, 15) is 4.79 Å². The summed E-state index contributed by atoms with van der Waals surface area (Å²) in [5.74, 6) is 0.854. The van der Waals surface area contributed by atoms with Crippen LogP contribution in [0.5, 0.6) is 0 Å². The molecule has 6 heteroatoms. The first-order valence-electron chi connectivity index (χ1n) is 8.21. The smallest absolute Gasteiger partial charge is 0.253 e. The summed E-state index contributed by atoms with van der Waals surface area (Å²) in [6.45, 7) is 0.543. The molecule has 0 saturated carbocycles. The molecule has 0 fully saturated rings. The van der Waals surface area contributed by atoms with Gasteiger partial charge in [0.15, 0.2) is 0 Å². The number of aromatic nitrogens is 2. The molecule has 0 radical (unpaired) electrons. The van der Waals surface area contributed by atoms with E-state index >= 15 is 0 Å². The Morgan fingerprint density at radius 1 is 1.12 bits per heavy atom. The molecule has 2 aromatic carbocycles. The highest BCUT2D eigenvalue weighted by atomic mass is 35.5. The van der Waals surface area contributed by atoms with Gasteiger partial charge >= 0.3 is 0 Å². The van der Waals surface area contributed by atoms with Crippen LogP contribution in [0.2, 0.25) is 5.02 Å². The summed E-state index contributed by atoms with van der Waals surface area (Å²) in [4.78, 5) is 15.4. The third-order valence-corrected chi connectivity index (χ3v) is 5.28. The molecule has 0 unspecified atom stereocenters. The highest BCUT2D eigenvalue weighted by molar-refractivity contribution is 7.98. The summed E-state index contributed by atoms with van der Waals surface area (Å²) in [5, 5.41) is 4.88. The summed E-state index contributed by atoms with van der Waals surface area (Å²) in [7, 11) is 3.67. The zero-order valence-corrected chi connectivity index (χ0v) is 16.3. The number of halogens is 1. The van der Waals surface area contributed by atoms with Crippen molar-refractivity contribution < 1.29 is 4.79 Å². The highest BCUT2D eigenvalue weighted by Crippen LogP contribution is 2.24. The van der Waals surface area contributed by atoms with Gasteiger partial charge in [0.25, 0.3) is 5.91 Å². The van der Waals surface area contributed by atoms with Crippen LogP contribution in [-0.2, 0) is 19.3 Å². The SMILES string of the molecule is CN(Cc1cnn(C)c1)C(=O)c1ccc(CSc2ccc(Cl)cc2)cc1. The lowest BCUT2D eigenvalue weighted by Gasteiger charge is -2.16. The summed E-state index contributed by atoms with van der Waals surface area (Å²) >= 11 is 7.65. The Hall–Kier alpha value is -2.24. The zero-order chi connectivity index (χ0) is 18.5. The third-order valence-electron chi connectivity index (χ3n) is 3.94. The van der Waals surface area contributed by atoms with E-state index in [-0.39, 0.29) is 5.91 Å². The van der Waals surface area contributed by atoms with Crippen molar-refractivity contribution in [3.8, 4) is 0 Å². The summed E-state index contributed by atoms with van der Waals surface area (Å²) in [6.07, 6.45) is 3.70. The first-order chi connectivity index (χ1) is 12.5. The van der Waals surface area contributed by atoms with Gasteiger partial charge in [-0.25, -0.2) is 0 Å². The lowest BCUT2D eigenvalue weighted by atomic mass is 10.1. The van der Waals surface area contributed by atoms with E-state index in [0.717, 1.165) is 16.3 Å². The van der Waals surface area contributed by atoms with Crippen molar-refractivity contribution in [2.45, 2.75) is 17.2 Å². The van der Waals surface area contributed by atoms with Gasteiger partial charge in [-0.05, 0) is 42.0 Å². The van der Waals surface area contributed by atoms with Gasteiger partial charge in [0.1, 0.15) is 0 Å². The average molecular weight is 386 g/mol. The van der Waals surface area contributed by atoms with Gasteiger partial charge < -0.3 is 4.90 Å². The maximum absolute atomic E-state index is 12.6. The van der Waals surface area contributed by atoms with Crippen LogP contribution < -0.4 is 0 Å². The maximum atomic E-state index is 12.6. The molecule has 26 heavy (non-hydrogen) atoms. The Kier molecular flexibility index (Phi) is 6.01. The van der Waals surface area contributed by atoms with Gasteiger partial charge in [0, 0.05) is 53.6 Å². The van der Waals surface area contributed by atoms with Crippen molar-refractivity contribution in [1.82, 2.24) is 14.7 Å². The number of thioether (sulfide) groups is 1. The molecule has 1 heterocycles. The minimum absolute atomic E-state index is 0.00533. The normalized spacial score (nSPS) is 10.7. The number of aryl methyl sites for hydroxylation is 1. The first kappa shape index (κ1) is 18.5. The van der Waals surface area contributed by atoms with Gasteiger partial charge in [0.2, 0.25) is 0 Å². The monoisotopic (exact) mass is 385 g/mol. The molecule has 1 aromatic heterocycles. The number of hydrogen-bond acceptors (Lipinski definition) is 3. The molecule has 134 valence electrons. The van der Waals surface area contributed by atoms with Crippen LogP contribution in [0.25, 0.3) is 0 Å². The summed E-state index contributed by atoms with van der Waals surface area (Å²) < 4.78 is 1.74. The lowest BCUT2D eigenvalue weighted by molar-refractivity contribution is 0.0785. The number of nitrogens with zero attached hydrogens (tertiary/aromatic N) is 3. The minimum Gasteiger partial charge on any atom is -0.337 e. The van der Waals surface area contributed by atoms with E-state index in [0.29, 0.717) is 12.1 Å². The number of carbonyl (C=O) groups is 1. The zero-order valence-electron chi connectivity index (χ0n) is 14.7. The molecule has 0 aliphatic heterocycles. The van der Waals surface area contributed by atoms with Crippen molar-refractivity contribution in [3.63, 3.8) is 0 Å². The first-order valence-corrected chi connectivity index (χ1v) is 9.58. The molecule has 4 nitrogen and oxygen atoms in total. The largest absolute Gasteiger partial charge is 0.337 e. The summed E-state index contributed by atoms with van der Waals surface area (Å²) in [6, 6.07) is 15.6. The van der Waals surface area contributed by atoms with Crippen LogP contribution in [0.1, 0.15) is 21.5 Å². The topological polar surface area (TPSA) is 38.1 Å². The molecule has 3 rings (SSSR count). The second-order valence-electron chi connectivity index (χ2n) is 6.12. The van der Waals surface area contributed by atoms with Crippen LogP contribution >= 0.6 is 23.4 Å². The van der Waals surface area contributed by atoms with Crippen LogP contribution in [0.3, 0.4) is 0 Å². The van der Waals surface area contributed by atoms with Crippen LogP contribution in [-0.4, -0.2) is 27.6 Å². The van der Waals surface area contributed by atoms with Crippen LogP contribution in [0, 0.1) is 0 Å². The van der Waals surface area contributed by atoms with Crippen molar-refractivity contribution in [1.29, 1.82) is 0 Å². The average Bonchev–Trinajstić information content (AvgIpc) is 3.06. The van der Waals surface area contributed by atoms with Crippen LogP contribution in [0.4, 0.5) is 0 Å². The van der Waals surface area contributed by atoms with Gasteiger partial charge in [0.05, 0.1) is 6.20 Å². The standard InChI is InChI=1S/C20H20ClN3OS/c1-23(12-16-11-22-24(2)13-16)20(25)17-5-3-15(4-6-17)14-26-19-9-7-18(21)8-10-19/h3-11,13H,12,14H2,1-2H3. The van der Waals surface area contributed by atoms with E-state index in [1.807, 2.05) is 61.8 Å². The second kappa shape index (κ2) is 8.43. The highest BCUT2D eigenvalue weighted by Gasteiger charge is 2.12. The summed E-state index contributed by atoms with van der Waals surface area (Å²) in [5.41, 5.74) is 2.88. The number of hydrogen-bond donors (Lipinski definition) is 0. The van der Waals surface area contributed by atoms with Gasteiger partial charge in [-0.15, -0.1) is 11.8 Å². The fourth-order valence-corrected chi connectivity index (χ4v) is 3.54. The minimum atomic E-state index is 0.00533. The molecule has 0 aliphatic carbocycles. The molecule has 0 spiro atoms. The van der Waals surface area contributed by atoms with E-state index in [1.54, 1.807) is 34.6 Å². The van der Waals surface area contributed by atoms with Crippen molar-refractivity contribution in [2.24, 2.45) is 7.05 Å². The van der Waals surface area contributed by atoms with Crippen molar-refractivity contribution >= 4 is 29.3 Å². The van der Waals surface area contributed by atoms with Crippen LogP contribution in [0.15, 0.2) is 65.8 Å². The van der Waals surface area contributed by atoms with E-state index in [2.05, 4.69) is 5.10 Å². The Morgan fingerprint density at radius 2 is 1.81 bits per heavy atom. The van der Waals surface area contributed by atoms with Gasteiger partial charge in [-0.1, -0.05) is 23.7 Å². The molecular formula is C20H20ClN3OS. The Labute approximate surface area is 162 Å². The fraction of sp³-hybridized carbons (Fsp3) is 0.200. The molecule has 0 saturated heterocycles. The maximum Gasteiger partial charge on any atom is 0.253 e. The number of amides is 1. The van der Waals surface area contributed by atoms with E-state index in [4.69, 9.17) is 11.6 Å². The Balaban J connectivity index is 1.57. The molecule has 1 amide bonds.